The molecule has 1 aliphatic heterocycles. The molecule has 1 aliphatic rings. The van der Waals surface area contributed by atoms with Gasteiger partial charge in [-0.2, -0.15) is 0 Å². The maximum Gasteiger partial charge on any atom is 0.237 e. The summed E-state index contributed by atoms with van der Waals surface area (Å²) in [5.41, 5.74) is -0.874. The van der Waals surface area contributed by atoms with Gasteiger partial charge in [-0.3, -0.25) is 4.79 Å². The van der Waals surface area contributed by atoms with Crippen molar-refractivity contribution in [1.29, 1.82) is 0 Å². The van der Waals surface area contributed by atoms with Crippen LogP contribution in [0, 0.1) is 0 Å². The topological polar surface area (TPSA) is 81.6 Å². The van der Waals surface area contributed by atoms with E-state index in [1.54, 1.807) is 0 Å². The van der Waals surface area contributed by atoms with Crippen LogP contribution in [0.25, 0.3) is 0 Å². The number of nitrogens with one attached hydrogen (secondary N) is 2. The Hall–Kier alpha value is -0.650. The molecular formula is C10H20N2O3. The van der Waals surface area contributed by atoms with Crippen LogP contribution in [0.3, 0.4) is 0 Å². The largest absolute Gasteiger partial charge is 0.394 e. The highest BCUT2D eigenvalue weighted by Crippen LogP contribution is 2.11. The average Bonchev–Trinajstić information content (AvgIpc) is 2.79. The van der Waals surface area contributed by atoms with Crippen molar-refractivity contribution in [2.75, 3.05) is 19.8 Å². The minimum absolute atomic E-state index is 0.127. The quantitative estimate of drug-likeness (QED) is 0.474. The molecule has 1 fully saturated rings. The second kappa shape index (κ2) is 5.44. The van der Waals surface area contributed by atoms with Gasteiger partial charge in [0.25, 0.3) is 0 Å². The summed E-state index contributed by atoms with van der Waals surface area (Å²) in [5, 5.41) is 24.1. The zero-order chi connectivity index (χ0) is 11.3. The van der Waals surface area contributed by atoms with Crippen LogP contribution in [-0.2, 0) is 4.79 Å². The van der Waals surface area contributed by atoms with Gasteiger partial charge in [-0.15, -0.1) is 0 Å². The van der Waals surface area contributed by atoms with Gasteiger partial charge in [0.1, 0.15) is 0 Å². The van der Waals surface area contributed by atoms with Crippen LogP contribution in [0.4, 0.5) is 0 Å². The molecule has 0 aromatic rings. The van der Waals surface area contributed by atoms with E-state index >= 15 is 0 Å². The van der Waals surface area contributed by atoms with E-state index in [1.165, 1.54) is 0 Å². The van der Waals surface area contributed by atoms with Gasteiger partial charge in [0.15, 0.2) is 0 Å². The highest BCUT2D eigenvalue weighted by Gasteiger charge is 2.32. The van der Waals surface area contributed by atoms with E-state index in [4.69, 9.17) is 0 Å². The molecule has 0 radical (unpaired) electrons. The Morgan fingerprint density at radius 1 is 1.53 bits per heavy atom. The normalized spacial score (nSPS) is 21.7. The van der Waals surface area contributed by atoms with Gasteiger partial charge >= 0.3 is 0 Å². The molecule has 0 aliphatic carbocycles. The molecule has 0 aromatic heterocycles. The number of rotatable bonds is 5. The average molecular weight is 216 g/mol. The number of hydrogen-bond acceptors (Lipinski definition) is 4. The predicted molar refractivity (Wildman–Crippen MR) is 56.4 cm³/mol. The standard InChI is InChI=1S/C10H20N2O3/c1-2-10(6-13,7-14)12-9(15)8-4-3-5-11-8/h8,11,13-14H,2-7H2,1H3,(H,12,15)/t8-/m0/s1. The Labute approximate surface area is 89.9 Å². The summed E-state index contributed by atoms with van der Waals surface area (Å²) in [6.45, 7) is 2.21. The molecule has 0 saturated carbocycles. The number of carbonyl (C=O) groups excluding carboxylic acids is 1. The van der Waals surface area contributed by atoms with Crippen molar-refractivity contribution in [1.82, 2.24) is 10.6 Å². The molecule has 0 bridgehead atoms. The molecule has 1 rings (SSSR count). The first-order valence-electron chi connectivity index (χ1n) is 5.44. The fourth-order valence-corrected chi connectivity index (χ4v) is 1.70. The van der Waals surface area contributed by atoms with Gasteiger partial charge < -0.3 is 20.8 Å². The van der Waals surface area contributed by atoms with Crippen LogP contribution in [0.2, 0.25) is 0 Å². The molecule has 0 unspecified atom stereocenters. The van der Waals surface area contributed by atoms with E-state index in [-0.39, 0.29) is 25.2 Å². The Morgan fingerprint density at radius 3 is 2.60 bits per heavy atom. The summed E-state index contributed by atoms with van der Waals surface area (Å²) in [4.78, 5) is 11.7. The molecule has 1 atom stereocenters. The Kier molecular flexibility index (Phi) is 4.50. The maximum absolute atomic E-state index is 11.7. The van der Waals surface area contributed by atoms with Crippen LogP contribution in [-0.4, -0.2) is 47.5 Å². The van der Waals surface area contributed by atoms with Crippen LogP contribution < -0.4 is 10.6 Å². The molecule has 5 nitrogen and oxygen atoms in total. The van der Waals surface area contributed by atoms with Crippen LogP contribution in [0.5, 0.6) is 0 Å². The summed E-state index contributed by atoms with van der Waals surface area (Å²) in [5.74, 6) is -0.127. The Balaban J connectivity index is 2.53. The van der Waals surface area contributed by atoms with Gasteiger partial charge in [0, 0.05) is 0 Å². The molecule has 1 amide bonds. The summed E-state index contributed by atoms with van der Waals surface area (Å²) >= 11 is 0. The molecule has 1 heterocycles. The number of hydrogen-bond donors (Lipinski definition) is 4. The molecule has 5 heteroatoms. The van der Waals surface area contributed by atoms with Crippen molar-refractivity contribution in [2.24, 2.45) is 0 Å². The Bertz CT molecular complexity index is 202. The zero-order valence-corrected chi connectivity index (χ0v) is 9.12. The second-order valence-electron chi connectivity index (χ2n) is 4.09. The highest BCUT2D eigenvalue weighted by molar-refractivity contribution is 5.82. The smallest absolute Gasteiger partial charge is 0.237 e. The number of aliphatic hydroxyl groups excluding tert-OH is 2. The molecule has 0 spiro atoms. The second-order valence-corrected chi connectivity index (χ2v) is 4.09. The highest BCUT2D eigenvalue weighted by atomic mass is 16.3. The predicted octanol–water partition coefficient (Wildman–Crippen LogP) is -1.01. The van der Waals surface area contributed by atoms with Gasteiger partial charge in [-0.25, -0.2) is 0 Å². The fourth-order valence-electron chi connectivity index (χ4n) is 1.70. The van der Waals surface area contributed by atoms with Crippen LogP contribution in [0.15, 0.2) is 0 Å². The van der Waals surface area contributed by atoms with E-state index in [2.05, 4.69) is 10.6 Å². The Morgan fingerprint density at radius 2 is 2.20 bits per heavy atom. The molecule has 15 heavy (non-hydrogen) atoms. The van der Waals surface area contributed by atoms with Crippen LogP contribution >= 0.6 is 0 Å². The third-order valence-corrected chi connectivity index (χ3v) is 3.05. The minimum atomic E-state index is -0.874. The van der Waals surface area contributed by atoms with Crippen LogP contribution in [0.1, 0.15) is 26.2 Å². The van der Waals surface area contributed by atoms with Gasteiger partial charge in [-0.1, -0.05) is 6.92 Å². The third-order valence-electron chi connectivity index (χ3n) is 3.05. The van der Waals surface area contributed by atoms with Crippen molar-refractivity contribution in [3.05, 3.63) is 0 Å². The summed E-state index contributed by atoms with van der Waals surface area (Å²) in [7, 11) is 0. The fraction of sp³-hybridized carbons (Fsp3) is 0.900. The lowest BCUT2D eigenvalue weighted by Crippen LogP contribution is -2.57. The SMILES string of the molecule is CCC(CO)(CO)NC(=O)[C@@H]1CCCN1. The monoisotopic (exact) mass is 216 g/mol. The van der Waals surface area contributed by atoms with E-state index in [0.717, 1.165) is 19.4 Å². The number of aliphatic hydroxyl groups is 2. The number of carbonyl (C=O) groups is 1. The molecular weight excluding hydrogens is 196 g/mol. The summed E-state index contributed by atoms with van der Waals surface area (Å²) < 4.78 is 0. The van der Waals surface area contributed by atoms with E-state index in [0.29, 0.717) is 6.42 Å². The van der Waals surface area contributed by atoms with Gasteiger partial charge in [0.05, 0.1) is 24.8 Å². The molecule has 1 saturated heterocycles. The van der Waals surface area contributed by atoms with Crippen molar-refractivity contribution in [2.45, 2.75) is 37.8 Å². The maximum atomic E-state index is 11.7. The molecule has 0 aromatic carbocycles. The zero-order valence-electron chi connectivity index (χ0n) is 9.12. The lowest BCUT2D eigenvalue weighted by Gasteiger charge is -2.30. The minimum Gasteiger partial charge on any atom is -0.394 e. The van der Waals surface area contributed by atoms with E-state index in [9.17, 15) is 15.0 Å². The summed E-state index contributed by atoms with van der Waals surface area (Å²) in [6.07, 6.45) is 2.33. The first-order valence-corrected chi connectivity index (χ1v) is 5.44. The van der Waals surface area contributed by atoms with Gasteiger partial charge in [0.2, 0.25) is 5.91 Å². The number of amides is 1. The van der Waals surface area contributed by atoms with Crippen molar-refractivity contribution < 1.29 is 15.0 Å². The third kappa shape index (κ3) is 2.90. The van der Waals surface area contributed by atoms with Crippen molar-refractivity contribution >= 4 is 5.91 Å². The van der Waals surface area contributed by atoms with Gasteiger partial charge in [-0.05, 0) is 25.8 Å². The first kappa shape index (κ1) is 12.4. The van der Waals surface area contributed by atoms with Crippen molar-refractivity contribution in [3.8, 4) is 0 Å². The molecule has 4 N–H and O–H groups in total. The van der Waals surface area contributed by atoms with E-state index < -0.39 is 5.54 Å². The van der Waals surface area contributed by atoms with E-state index in [1.807, 2.05) is 6.92 Å². The lowest BCUT2D eigenvalue weighted by atomic mass is 9.97. The van der Waals surface area contributed by atoms with Crippen molar-refractivity contribution in [3.63, 3.8) is 0 Å². The lowest BCUT2D eigenvalue weighted by molar-refractivity contribution is -0.126. The molecule has 88 valence electrons. The first-order chi connectivity index (χ1) is 7.17. The summed E-state index contributed by atoms with van der Waals surface area (Å²) in [6, 6.07) is -0.172.